The topological polar surface area (TPSA) is 34.1 Å². The van der Waals surface area contributed by atoms with Crippen molar-refractivity contribution in [3.8, 4) is 0 Å². The molecule has 0 saturated heterocycles. The summed E-state index contributed by atoms with van der Waals surface area (Å²) >= 11 is 9.14. The lowest BCUT2D eigenvalue weighted by atomic mass is 10.1. The van der Waals surface area contributed by atoms with Gasteiger partial charge in [-0.2, -0.15) is 0 Å². The lowest BCUT2D eigenvalue weighted by Crippen LogP contribution is -2.25. The van der Waals surface area contributed by atoms with Gasteiger partial charge < -0.3 is 10.1 Å². The van der Waals surface area contributed by atoms with Crippen molar-refractivity contribution < 1.29 is 4.74 Å². The maximum absolute atomic E-state index is 5.80. The molecule has 0 amide bonds. The predicted molar refractivity (Wildman–Crippen MR) is 71.1 cm³/mol. The van der Waals surface area contributed by atoms with Crippen molar-refractivity contribution in [2.24, 2.45) is 0 Å². The Hall–Kier alpha value is -0.320. The van der Waals surface area contributed by atoms with E-state index in [1.807, 2.05) is 6.07 Å². The van der Waals surface area contributed by atoms with Crippen molar-refractivity contribution in [1.82, 2.24) is 4.98 Å². The van der Waals surface area contributed by atoms with Gasteiger partial charge in [0.2, 0.25) is 0 Å². The third-order valence-corrected chi connectivity index (χ3v) is 3.54. The standard InChI is InChI=1S/C11H16BrClN2O/c1-11(2,16-3)4-5-14-8-6-9(12)10(13)15-7-8/h6-7,14H,4-5H2,1-3H3. The summed E-state index contributed by atoms with van der Waals surface area (Å²) in [4.78, 5) is 4.04. The molecule has 0 bridgehead atoms. The minimum absolute atomic E-state index is 0.107. The maximum atomic E-state index is 5.80. The average Bonchev–Trinajstić information content (AvgIpc) is 2.23. The van der Waals surface area contributed by atoms with Gasteiger partial charge in [0.25, 0.3) is 0 Å². The van der Waals surface area contributed by atoms with Crippen molar-refractivity contribution in [3.63, 3.8) is 0 Å². The van der Waals surface area contributed by atoms with Gasteiger partial charge in [0.1, 0.15) is 5.15 Å². The normalized spacial score (nSPS) is 11.6. The summed E-state index contributed by atoms with van der Waals surface area (Å²) in [5, 5.41) is 3.75. The molecule has 1 aromatic heterocycles. The van der Waals surface area contributed by atoms with Crippen LogP contribution in [0.1, 0.15) is 20.3 Å². The summed E-state index contributed by atoms with van der Waals surface area (Å²) in [6, 6.07) is 1.91. The zero-order valence-electron chi connectivity index (χ0n) is 9.68. The predicted octanol–water partition coefficient (Wildman–Crippen LogP) is 3.72. The first-order valence-electron chi connectivity index (χ1n) is 5.05. The fourth-order valence-electron chi connectivity index (χ4n) is 1.13. The molecule has 5 heteroatoms. The Morgan fingerprint density at radius 3 is 2.81 bits per heavy atom. The Morgan fingerprint density at radius 1 is 1.56 bits per heavy atom. The summed E-state index contributed by atoms with van der Waals surface area (Å²) in [5.41, 5.74) is 0.840. The number of hydrogen-bond acceptors (Lipinski definition) is 3. The van der Waals surface area contributed by atoms with E-state index in [9.17, 15) is 0 Å². The number of aromatic nitrogens is 1. The third-order valence-electron chi connectivity index (χ3n) is 2.41. The van der Waals surface area contributed by atoms with Gasteiger partial charge in [0, 0.05) is 13.7 Å². The van der Waals surface area contributed by atoms with Gasteiger partial charge >= 0.3 is 0 Å². The van der Waals surface area contributed by atoms with Crippen LogP contribution in [-0.4, -0.2) is 24.2 Å². The number of nitrogens with one attached hydrogen (secondary N) is 1. The van der Waals surface area contributed by atoms with E-state index in [4.69, 9.17) is 16.3 Å². The third kappa shape index (κ3) is 4.28. The molecule has 0 fully saturated rings. The highest BCUT2D eigenvalue weighted by Gasteiger charge is 2.15. The molecule has 90 valence electrons. The average molecular weight is 308 g/mol. The van der Waals surface area contributed by atoms with Crippen LogP contribution in [0.3, 0.4) is 0 Å². The van der Waals surface area contributed by atoms with Crippen LogP contribution in [0.2, 0.25) is 5.15 Å². The minimum atomic E-state index is -0.107. The van der Waals surface area contributed by atoms with Gasteiger partial charge in [-0.15, -0.1) is 0 Å². The Morgan fingerprint density at radius 2 is 2.25 bits per heavy atom. The molecule has 0 spiro atoms. The second-order valence-electron chi connectivity index (χ2n) is 4.14. The molecular weight excluding hydrogens is 291 g/mol. The highest BCUT2D eigenvalue weighted by atomic mass is 79.9. The van der Waals surface area contributed by atoms with Crippen molar-refractivity contribution in [2.75, 3.05) is 19.0 Å². The van der Waals surface area contributed by atoms with E-state index in [2.05, 4.69) is 40.1 Å². The van der Waals surface area contributed by atoms with Gasteiger partial charge in [0.15, 0.2) is 0 Å². The van der Waals surface area contributed by atoms with E-state index in [0.717, 1.165) is 23.1 Å². The smallest absolute Gasteiger partial charge is 0.143 e. The van der Waals surface area contributed by atoms with E-state index in [1.54, 1.807) is 13.3 Å². The lowest BCUT2D eigenvalue weighted by molar-refractivity contribution is 0.0185. The Bertz CT molecular complexity index is 358. The van der Waals surface area contributed by atoms with E-state index in [1.165, 1.54) is 0 Å². The summed E-state index contributed by atoms with van der Waals surface area (Å²) in [6.45, 7) is 4.95. The molecule has 3 nitrogen and oxygen atoms in total. The molecule has 0 unspecified atom stereocenters. The molecule has 0 aliphatic carbocycles. The molecular formula is C11H16BrClN2O. The number of anilines is 1. The fraction of sp³-hybridized carbons (Fsp3) is 0.545. The molecule has 0 aliphatic rings. The zero-order valence-corrected chi connectivity index (χ0v) is 12.0. The van der Waals surface area contributed by atoms with Crippen LogP contribution >= 0.6 is 27.5 Å². The molecule has 1 aromatic rings. The van der Waals surface area contributed by atoms with Gasteiger partial charge in [-0.3, -0.25) is 0 Å². The van der Waals surface area contributed by atoms with Crippen LogP contribution < -0.4 is 5.32 Å². The number of methoxy groups -OCH3 is 1. The fourth-order valence-corrected chi connectivity index (χ4v) is 1.58. The van der Waals surface area contributed by atoms with Crippen LogP contribution in [0.5, 0.6) is 0 Å². The van der Waals surface area contributed by atoms with E-state index < -0.39 is 0 Å². The molecule has 0 atom stereocenters. The van der Waals surface area contributed by atoms with Crippen LogP contribution in [0.15, 0.2) is 16.7 Å². The number of hydrogen-bond donors (Lipinski definition) is 1. The van der Waals surface area contributed by atoms with Crippen LogP contribution in [0.4, 0.5) is 5.69 Å². The highest BCUT2D eigenvalue weighted by Crippen LogP contribution is 2.23. The van der Waals surface area contributed by atoms with Crippen molar-refractivity contribution in [1.29, 1.82) is 0 Å². The number of nitrogens with zero attached hydrogens (tertiary/aromatic N) is 1. The largest absolute Gasteiger partial charge is 0.384 e. The SMILES string of the molecule is COC(C)(C)CCNc1cnc(Cl)c(Br)c1. The summed E-state index contributed by atoms with van der Waals surface area (Å²) in [5.74, 6) is 0. The van der Waals surface area contributed by atoms with Gasteiger partial charge in [-0.05, 0) is 42.3 Å². The molecule has 1 rings (SSSR count). The molecule has 0 radical (unpaired) electrons. The lowest BCUT2D eigenvalue weighted by Gasteiger charge is -2.23. The second-order valence-corrected chi connectivity index (χ2v) is 5.35. The van der Waals surface area contributed by atoms with Crippen molar-refractivity contribution in [2.45, 2.75) is 25.9 Å². The second kappa shape index (κ2) is 5.84. The number of rotatable bonds is 5. The molecule has 1 N–H and O–H groups in total. The molecule has 0 saturated carbocycles. The number of pyridine rings is 1. The first kappa shape index (κ1) is 13.7. The van der Waals surface area contributed by atoms with E-state index in [-0.39, 0.29) is 5.60 Å². The van der Waals surface area contributed by atoms with E-state index in [0.29, 0.717) is 5.15 Å². The molecule has 0 aromatic carbocycles. The molecule has 16 heavy (non-hydrogen) atoms. The summed E-state index contributed by atoms with van der Waals surface area (Å²) in [7, 11) is 1.72. The van der Waals surface area contributed by atoms with Crippen molar-refractivity contribution in [3.05, 3.63) is 21.9 Å². The van der Waals surface area contributed by atoms with Gasteiger partial charge in [0.05, 0.1) is 22.0 Å². The van der Waals surface area contributed by atoms with Gasteiger partial charge in [-0.1, -0.05) is 11.6 Å². The van der Waals surface area contributed by atoms with Crippen molar-refractivity contribution >= 4 is 33.2 Å². The van der Waals surface area contributed by atoms with Crippen LogP contribution in [-0.2, 0) is 4.74 Å². The van der Waals surface area contributed by atoms with Gasteiger partial charge in [-0.25, -0.2) is 4.98 Å². The monoisotopic (exact) mass is 306 g/mol. The Balaban J connectivity index is 2.46. The van der Waals surface area contributed by atoms with E-state index >= 15 is 0 Å². The summed E-state index contributed by atoms with van der Waals surface area (Å²) < 4.78 is 6.13. The molecule has 1 heterocycles. The highest BCUT2D eigenvalue weighted by molar-refractivity contribution is 9.10. The molecule has 0 aliphatic heterocycles. The number of ether oxygens (including phenoxy) is 1. The van der Waals surface area contributed by atoms with Crippen LogP contribution in [0, 0.1) is 0 Å². The van der Waals surface area contributed by atoms with Crippen LogP contribution in [0.25, 0.3) is 0 Å². The minimum Gasteiger partial charge on any atom is -0.384 e. The first-order chi connectivity index (χ1) is 7.44. The maximum Gasteiger partial charge on any atom is 0.143 e. The quantitative estimate of drug-likeness (QED) is 0.842. The first-order valence-corrected chi connectivity index (χ1v) is 6.22. The Labute approximate surface area is 110 Å². The summed E-state index contributed by atoms with van der Waals surface area (Å²) in [6.07, 6.45) is 2.64. The zero-order chi connectivity index (χ0) is 12.2. The Kier molecular flexibility index (Phi) is 5.02. The number of halogens is 2.